The molecule has 0 spiro atoms. The minimum absolute atomic E-state index is 0.0513. The number of amides is 3. The second kappa shape index (κ2) is 6.95. The molecule has 5 nitrogen and oxygen atoms in total. The lowest BCUT2D eigenvalue weighted by molar-refractivity contribution is -0.131. The van der Waals surface area contributed by atoms with Crippen molar-refractivity contribution in [2.75, 3.05) is 32.7 Å². The van der Waals surface area contributed by atoms with Gasteiger partial charge in [-0.1, -0.05) is 11.6 Å². The number of piperazine rings is 1. The molecule has 1 fully saturated rings. The van der Waals surface area contributed by atoms with Gasteiger partial charge in [0.05, 0.1) is 10.8 Å². The van der Waals surface area contributed by atoms with Crippen molar-refractivity contribution in [1.29, 1.82) is 0 Å². The van der Waals surface area contributed by atoms with Crippen LogP contribution in [0.2, 0.25) is 4.34 Å². The molecular weight excluding hydrogens is 298 g/mol. The van der Waals surface area contributed by atoms with E-state index < -0.39 is 0 Å². The van der Waals surface area contributed by atoms with Crippen LogP contribution in [0.4, 0.5) is 4.79 Å². The second-order valence-electron chi connectivity index (χ2n) is 4.59. The lowest BCUT2D eigenvalue weighted by atomic mass is 10.2. The fourth-order valence-corrected chi connectivity index (χ4v) is 3.21. The summed E-state index contributed by atoms with van der Waals surface area (Å²) in [4.78, 5) is 28.3. The maximum atomic E-state index is 12.1. The summed E-state index contributed by atoms with van der Waals surface area (Å²) in [6.45, 7) is 4.87. The highest BCUT2D eigenvalue weighted by atomic mass is 35.5. The van der Waals surface area contributed by atoms with E-state index in [2.05, 4.69) is 5.32 Å². The van der Waals surface area contributed by atoms with E-state index in [4.69, 9.17) is 11.6 Å². The van der Waals surface area contributed by atoms with Crippen molar-refractivity contribution < 1.29 is 9.59 Å². The zero-order valence-electron chi connectivity index (χ0n) is 11.4. The number of halogens is 1. The van der Waals surface area contributed by atoms with E-state index in [-0.39, 0.29) is 11.9 Å². The molecule has 1 aromatic rings. The summed E-state index contributed by atoms with van der Waals surface area (Å²) in [5, 5.41) is 2.77. The molecular formula is C13H18ClN3O2S. The van der Waals surface area contributed by atoms with Gasteiger partial charge in [0.25, 0.3) is 0 Å². The zero-order valence-corrected chi connectivity index (χ0v) is 13.0. The van der Waals surface area contributed by atoms with Gasteiger partial charge in [-0.15, -0.1) is 11.3 Å². The molecule has 3 amide bonds. The first-order chi connectivity index (χ1) is 9.60. The Hall–Kier alpha value is -1.27. The molecule has 1 aliphatic rings. The van der Waals surface area contributed by atoms with Crippen molar-refractivity contribution in [1.82, 2.24) is 15.1 Å². The molecule has 110 valence electrons. The van der Waals surface area contributed by atoms with Crippen molar-refractivity contribution in [2.24, 2.45) is 0 Å². The van der Waals surface area contributed by atoms with Crippen LogP contribution in [0.1, 0.15) is 11.8 Å². The van der Waals surface area contributed by atoms with E-state index >= 15 is 0 Å². The van der Waals surface area contributed by atoms with Gasteiger partial charge in [0.15, 0.2) is 0 Å². The molecule has 0 aliphatic carbocycles. The van der Waals surface area contributed by atoms with E-state index in [0.717, 1.165) is 4.88 Å². The number of rotatable bonds is 3. The number of carbonyl (C=O) groups is 2. The molecule has 1 saturated heterocycles. The number of hydrogen-bond donors (Lipinski definition) is 1. The Bertz CT molecular complexity index is 484. The van der Waals surface area contributed by atoms with Gasteiger partial charge in [-0.25, -0.2) is 4.79 Å². The summed E-state index contributed by atoms with van der Waals surface area (Å²) in [7, 11) is 0. The van der Waals surface area contributed by atoms with Crippen molar-refractivity contribution >= 4 is 34.9 Å². The lowest BCUT2D eigenvalue weighted by Gasteiger charge is -2.34. The maximum Gasteiger partial charge on any atom is 0.317 e. The largest absolute Gasteiger partial charge is 0.339 e. The average molecular weight is 316 g/mol. The highest BCUT2D eigenvalue weighted by Crippen LogP contribution is 2.22. The van der Waals surface area contributed by atoms with E-state index in [0.29, 0.717) is 43.5 Å². The van der Waals surface area contributed by atoms with Crippen molar-refractivity contribution in [2.45, 2.75) is 13.3 Å². The molecule has 2 heterocycles. The smallest absolute Gasteiger partial charge is 0.317 e. The number of nitrogens with one attached hydrogen (secondary N) is 1. The van der Waals surface area contributed by atoms with E-state index in [1.165, 1.54) is 11.3 Å². The SMILES string of the molecule is CCNC(=O)N1CCN(C(=O)Cc2ccc(Cl)s2)CC1. The fraction of sp³-hybridized carbons (Fsp3) is 0.538. The Morgan fingerprint density at radius 1 is 1.25 bits per heavy atom. The third kappa shape index (κ3) is 3.86. The summed E-state index contributed by atoms with van der Waals surface area (Å²) in [6, 6.07) is 3.64. The molecule has 0 atom stereocenters. The van der Waals surface area contributed by atoms with Crippen molar-refractivity contribution in [3.05, 3.63) is 21.3 Å². The third-order valence-corrected chi connectivity index (χ3v) is 4.43. The molecule has 0 bridgehead atoms. The number of thiophene rings is 1. The van der Waals surface area contributed by atoms with Crippen molar-refractivity contribution in [3.8, 4) is 0 Å². The van der Waals surface area contributed by atoms with Gasteiger partial charge in [-0.2, -0.15) is 0 Å². The predicted molar refractivity (Wildman–Crippen MR) is 80.3 cm³/mol. The fourth-order valence-electron chi connectivity index (χ4n) is 2.13. The van der Waals surface area contributed by atoms with Crippen LogP contribution >= 0.6 is 22.9 Å². The Kier molecular flexibility index (Phi) is 5.25. The zero-order chi connectivity index (χ0) is 14.5. The number of hydrogen-bond acceptors (Lipinski definition) is 3. The van der Waals surface area contributed by atoms with Crippen LogP contribution in [-0.4, -0.2) is 54.5 Å². The summed E-state index contributed by atoms with van der Waals surface area (Å²) < 4.78 is 0.703. The van der Waals surface area contributed by atoms with Crippen LogP contribution < -0.4 is 5.32 Å². The standard InChI is InChI=1S/C13H18ClN3O2S/c1-2-15-13(19)17-7-5-16(6-8-17)12(18)9-10-3-4-11(14)20-10/h3-4H,2,5-9H2,1H3,(H,15,19). The quantitative estimate of drug-likeness (QED) is 0.925. The molecule has 0 unspecified atom stereocenters. The van der Waals surface area contributed by atoms with Gasteiger partial charge in [0, 0.05) is 37.6 Å². The van der Waals surface area contributed by atoms with Gasteiger partial charge in [0.1, 0.15) is 0 Å². The molecule has 1 aliphatic heterocycles. The Morgan fingerprint density at radius 2 is 1.90 bits per heavy atom. The molecule has 0 aromatic carbocycles. The highest BCUT2D eigenvalue weighted by Gasteiger charge is 2.23. The van der Waals surface area contributed by atoms with Crippen LogP contribution in [0.5, 0.6) is 0 Å². The molecule has 2 rings (SSSR count). The first-order valence-corrected chi connectivity index (χ1v) is 7.84. The molecule has 0 saturated carbocycles. The van der Waals surface area contributed by atoms with E-state index in [9.17, 15) is 9.59 Å². The summed E-state index contributed by atoms with van der Waals surface area (Å²) in [5.41, 5.74) is 0. The van der Waals surface area contributed by atoms with Crippen LogP contribution in [-0.2, 0) is 11.2 Å². The Morgan fingerprint density at radius 3 is 2.45 bits per heavy atom. The average Bonchev–Trinajstić information content (AvgIpc) is 2.84. The monoisotopic (exact) mass is 315 g/mol. The van der Waals surface area contributed by atoms with E-state index in [1.54, 1.807) is 4.90 Å². The molecule has 1 aromatic heterocycles. The molecule has 20 heavy (non-hydrogen) atoms. The summed E-state index contributed by atoms with van der Waals surface area (Å²) in [5.74, 6) is 0.0964. The minimum Gasteiger partial charge on any atom is -0.339 e. The maximum absolute atomic E-state index is 12.1. The first-order valence-electron chi connectivity index (χ1n) is 6.65. The number of carbonyl (C=O) groups excluding carboxylic acids is 2. The van der Waals surface area contributed by atoms with Gasteiger partial charge in [-0.05, 0) is 19.1 Å². The number of urea groups is 1. The van der Waals surface area contributed by atoms with Gasteiger partial charge in [-0.3, -0.25) is 4.79 Å². The van der Waals surface area contributed by atoms with Gasteiger partial charge in [0.2, 0.25) is 5.91 Å². The number of nitrogens with zero attached hydrogens (tertiary/aromatic N) is 2. The van der Waals surface area contributed by atoms with Crippen LogP contribution in [0.3, 0.4) is 0 Å². The predicted octanol–water partition coefficient (Wildman–Crippen LogP) is 1.82. The second-order valence-corrected chi connectivity index (χ2v) is 6.39. The Labute approximate surface area is 127 Å². The van der Waals surface area contributed by atoms with E-state index in [1.807, 2.05) is 24.0 Å². The minimum atomic E-state index is -0.0513. The van der Waals surface area contributed by atoms with Crippen molar-refractivity contribution in [3.63, 3.8) is 0 Å². The van der Waals surface area contributed by atoms with Crippen LogP contribution in [0.25, 0.3) is 0 Å². The van der Waals surface area contributed by atoms with Crippen LogP contribution in [0, 0.1) is 0 Å². The highest BCUT2D eigenvalue weighted by molar-refractivity contribution is 7.16. The third-order valence-electron chi connectivity index (χ3n) is 3.20. The van der Waals surface area contributed by atoms with Crippen LogP contribution in [0.15, 0.2) is 12.1 Å². The van der Waals surface area contributed by atoms with Gasteiger partial charge < -0.3 is 15.1 Å². The summed E-state index contributed by atoms with van der Waals surface area (Å²) in [6.07, 6.45) is 0.387. The molecule has 1 N–H and O–H groups in total. The topological polar surface area (TPSA) is 52.7 Å². The summed E-state index contributed by atoms with van der Waals surface area (Å²) >= 11 is 7.29. The molecule has 7 heteroatoms. The normalized spacial score (nSPS) is 15.3. The Balaban J connectivity index is 1.81. The first kappa shape index (κ1) is 15.1. The molecule has 0 radical (unpaired) electrons. The van der Waals surface area contributed by atoms with Gasteiger partial charge >= 0.3 is 6.03 Å². The lowest BCUT2D eigenvalue weighted by Crippen LogP contribution is -2.53.